The summed E-state index contributed by atoms with van der Waals surface area (Å²) in [6.45, 7) is 0. The molecule has 0 fully saturated rings. The third-order valence-corrected chi connectivity index (χ3v) is 3.33. The van der Waals surface area contributed by atoms with Crippen molar-refractivity contribution < 1.29 is 0 Å². The second-order valence-electron chi connectivity index (χ2n) is 4.79. The van der Waals surface area contributed by atoms with E-state index in [1.165, 1.54) is 11.1 Å². The lowest BCUT2D eigenvalue weighted by Gasteiger charge is -2.08. The Morgan fingerprint density at radius 1 is 0.619 bits per heavy atom. The van der Waals surface area contributed by atoms with Gasteiger partial charge in [-0.3, -0.25) is 0 Å². The Bertz CT molecular complexity index is 748. The Kier molecular flexibility index (Phi) is 3.71. The highest BCUT2D eigenvalue weighted by Crippen LogP contribution is 2.23. The summed E-state index contributed by atoms with van der Waals surface area (Å²) < 4.78 is 0. The van der Waals surface area contributed by atoms with E-state index in [-0.39, 0.29) is 0 Å². The van der Waals surface area contributed by atoms with Crippen molar-refractivity contribution in [2.24, 2.45) is 0 Å². The molecule has 1 heteroatoms. The minimum atomic E-state index is 0.904. The number of terminal acetylenes is 1. The van der Waals surface area contributed by atoms with Crippen molar-refractivity contribution in [2.45, 2.75) is 0 Å². The van der Waals surface area contributed by atoms with E-state index < -0.39 is 0 Å². The first-order chi connectivity index (χ1) is 10.3. The average molecular weight is 269 g/mol. The van der Waals surface area contributed by atoms with Gasteiger partial charge in [-0.1, -0.05) is 48.4 Å². The van der Waals surface area contributed by atoms with Crippen LogP contribution in [0.2, 0.25) is 0 Å². The first-order valence-corrected chi connectivity index (χ1v) is 6.84. The van der Waals surface area contributed by atoms with Gasteiger partial charge in [0.2, 0.25) is 0 Å². The van der Waals surface area contributed by atoms with Crippen LogP contribution < -0.4 is 5.32 Å². The van der Waals surface area contributed by atoms with Crippen LogP contribution in [0.4, 0.5) is 11.4 Å². The molecule has 3 aromatic carbocycles. The van der Waals surface area contributed by atoms with E-state index in [9.17, 15) is 0 Å². The van der Waals surface area contributed by atoms with Gasteiger partial charge in [0.15, 0.2) is 0 Å². The van der Waals surface area contributed by atoms with Gasteiger partial charge >= 0.3 is 0 Å². The number of benzene rings is 3. The van der Waals surface area contributed by atoms with E-state index in [1.807, 2.05) is 42.5 Å². The standard InChI is InChI=1S/C20H15N/c1-2-16-8-10-17(11-9-16)18-12-14-20(15-13-18)21-19-6-4-3-5-7-19/h1,3-15,21H. The van der Waals surface area contributed by atoms with Crippen LogP contribution in [0.3, 0.4) is 0 Å². The van der Waals surface area contributed by atoms with Gasteiger partial charge < -0.3 is 5.32 Å². The minimum Gasteiger partial charge on any atom is -0.356 e. The third-order valence-electron chi connectivity index (χ3n) is 3.33. The van der Waals surface area contributed by atoms with Gasteiger partial charge in [-0.05, 0) is 47.5 Å². The maximum atomic E-state index is 5.37. The molecule has 3 rings (SSSR count). The molecule has 100 valence electrons. The van der Waals surface area contributed by atoms with Crippen LogP contribution in [-0.2, 0) is 0 Å². The monoisotopic (exact) mass is 269 g/mol. The third kappa shape index (κ3) is 3.13. The van der Waals surface area contributed by atoms with Gasteiger partial charge in [-0.15, -0.1) is 6.42 Å². The molecule has 0 heterocycles. The van der Waals surface area contributed by atoms with Crippen LogP contribution in [0.5, 0.6) is 0 Å². The molecule has 0 radical (unpaired) electrons. The molecule has 3 aromatic rings. The van der Waals surface area contributed by atoms with Crippen molar-refractivity contribution in [3.05, 3.63) is 84.4 Å². The first-order valence-electron chi connectivity index (χ1n) is 6.84. The van der Waals surface area contributed by atoms with E-state index >= 15 is 0 Å². The Hall–Kier alpha value is -2.98. The molecule has 0 aromatic heterocycles. The summed E-state index contributed by atoms with van der Waals surface area (Å²) in [5, 5.41) is 3.37. The van der Waals surface area contributed by atoms with Crippen molar-refractivity contribution in [1.29, 1.82) is 0 Å². The largest absolute Gasteiger partial charge is 0.356 e. The molecule has 0 atom stereocenters. The quantitative estimate of drug-likeness (QED) is 0.654. The molecule has 0 aliphatic carbocycles. The Morgan fingerprint density at radius 2 is 1.14 bits per heavy atom. The zero-order chi connectivity index (χ0) is 14.5. The van der Waals surface area contributed by atoms with Gasteiger partial charge in [0.25, 0.3) is 0 Å². The molecule has 1 nitrogen and oxygen atoms in total. The molecular weight excluding hydrogens is 254 g/mol. The summed E-state index contributed by atoms with van der Waals surface area (Å²) in [6, 6.07) is 26.5. The summed E-state index contributed by atoms with van der Waals surface area (Å²) in [7, 11) is 0. The normalized spacial score (nSPS) is 9.86. The molecule has 0 saturated carbocycles. The highest BCUT2D eigenvalue weighted by Gasteiger charge is 1.99. The lowest BCUT2D eigenvalue weighted by atomic mass is 10.0. The Labute approximate surface area is 125 Å². The maximum Gasteiger partial charge on any atom is 0.0384 e. The SMILES string of the molecule is C#Cc1ccc(-c2ccc(Nc3ccccc3)cc2)cc1. The van der Waals surface area contributed by atoms with Crippen molar-refractivity contribution >= 4 is 11.4 Å². The van der Waals surface area contributed by atoms with Gasteiger partial charge in [0.1, 0.15) is 0 Å². The van der Waals surface area contributed by atoms with E-state index in [4.69, 9.17) is 6.42 Å². The molecule has 1 N–H and O–H groups in total. The van der Waals surface area contributed by atoms with E-state index in [2.05, 4.69) is 47.6 Å². The zero-order valence-corrected chi connectivity index (χ0v) is 11.6. The molecular formula is C20H15N. The molecule has 0 saturated heterocycles. The van der Waals surface area contributed by atoms with Crippen molar-refractivity contribution in [1.82, 2.24) is 0 Å². The molecule has 0 unspecified atom stereocenters. The van der Waals surface area contributed by atoms with Crippen molar-refractivity contribution in [3.63, 3.8) is 0 Å². The number of rotatable bonds is 3. The predicted octanol–water partition coefficient (Wildman–Crippen LogP) is 5.08. The fraction of sp³-hybridized carbons (Fsp3) is 0. The molecule has 0 aliphatic rings. The smallest absolute Gasteiger partial charge is 0.0384 e. The van der Waals surface area contributed by atoms with Crippen LogP contribution in [0.15, 0.2) is 78.9 Å². The van der Waals surface area contributed by atoms with Crippen molar-refractivity contribution in [3.8, 4) is 23.5 Å². The number of nitrogens with one attached hydrogen (secondary N) is 1. The first kappa shape index (κ1) is 13.0. The molecule has 0 bridgehead atoms. The maximum absolute atomic E-state index is 5.37. The van der Waals surface area contributed by atoms with E-state index in [1.54, 1.807) is 0 Å². The Morgan fingerprint density at radius 3 is 1.71 bits per heavy atom. The van der Waals surface area contributed by atoms with Crippen LogP contribution in [0.1, 0.15) is 5.56 Å². The highest BCUT2D eigenvalue weighted by atomic mass is 14.9. The van der Waals surface area contributed by atoms with E-state index in [0.717, 1.165) is 16.9 Å². The fourth-order valence-corrected chi connectivity index (χ4v) is 2.19. The highest BCUT2D eigenvalue weighted by molar-refractivity contribution is 5.68. The molecule has 0 amide bonds. The number of hydrogen-bond donors (Lipinski definition) is 1. The Balaban J connectivity index is 1.79. The van der Waals surface area contributed by atoms with Gasteiger partial charge in [0, 0.05) is 16.9 Å². The van der Waals surface area contributed by atoms with Gasteiger partial charge in [-0.25, -0.2) is 0 Å². The number of hydrogen-bond acceptors (Lipinski definition) is 1. The number of para-hydroxylation sites is 1. The predicted molar refractivity (Wildman–Crippen MR) is 89.5 cm³/mol. The molecule has 21 heavy (non-hydrogen) atoms. The lowest BCUT2D eigenvalue weighted by molar-refractivity contribution is 1.54. The fourth-order valence-electron chi connectivity index (χ4n) is 2.19. The molecule has 0 spiro atoms. The average Bonchev–Trinajstić information content (AvgIpc) is 2.57. The van der Waals surface area contributed by atoms with Crippen LogP contribution in [0, 0.1) is 12.3 Å². The van der Waals surface area contributed by atoms with Crippen molar-refractivity contribution in [2.75, 3.05) is 5.32 Å². The second-order valence-corrected chi connectivity index (χ2v) is 4.79. The summed E-state index contributed by atoms with van der Waals surface area (Å²) in [5.74, 6) is 2.63. The van der Waals surface area contributed by atoms with E-state index in [0.29, 0.717) is 0 Å². The molecule has 0 aliphatic heterocycles. The minimum absolute atomic E-state index is 0.904. The summed E-state index contributed by atoms with van der Waals surface area (Å²) in [6.07, 6.45) is 5.37. The van der Waals surface area contributed by atoms with Gasteiger partial charge in [-0.2, -0.15) is 0 Å². The second kappa shape index (κ2) is 5.98. The van der Waals surface area contributed by atoms with Crippen LogP contribution >= 0.6 is 0 Å². The zero-order valence-electron chi connectivity index (χ0n) is 11.6. The topological polar surface area (TPSA) is 12.0 Å². The lowest BCUT2D eigenvalue weighted by Crippen LogP contribution is -1.89. The van der Waals surface area contributed by atoms with Crippen LogP contribution in [-0.4, -0.2) is 0 Å². The van der Waals surface area contributed by atoms with Crippen LogP contribution in [0.25, 0.3) is 11.1 Å². The summed E-state index contributed by atoms with van der Waals surface area (Å²) >= 11 is 0. The van der Waals surface area contributed by atoms with Gasteiger partial charge in [0.05, 0.1) is 0 Å². The summed E-state index contributed by atoms with van der Waals surface area (Å²) in [5.41, 5.74) is 5.41. The summed E-state index contributed by atoms with van der Waals surface area (Å²) in [4.78, 5) is 0. The number of anilines is 2.